The number of ether oxygens (including phenoxy) is 1. The molecule has 5 N–H and O–H groups in total. The summed E-state index contributed by atoms with van der Waals surface area (Å²) in [4.78, 5) is 42.1. The summed E-state index contributed by atoms with van der Waals surface area (Å²) in [7, 11) is 0. The van der Waals surface area contributed by atoms with E-state index >= 15 is 0 Å². The van der Waals surface area contributed by atoms with E-state index in [1.165, 1.54) is 12.1 Å². The number of aromatic amines is 2. The summed E-state index contributed by atoms with van der Waals surface area (Å²) in [6, 6.07) is 2.42. The molecule has 2 aromatic heterocycles. The van der Waals surface area contributed by atoms with Crippen molar-refractivity contribution < 1.29 is 19.7 Å². The number of pyridine rings is 2. The van der Waals surface area contributed by atoms with Gasteiger partial charge in [0.15, 0.2) is 0 Å². The van der Waals surface area contributed by atoms with Crippen LogP contribution in [0.4, 0.5) is 4.79 Å². The minimum absolute atomic E-state index is 0. The molecule has 2 atom stereocenters. The lowest BCUT2D eigenvalue weighted by Gasteiger charge is -2.27. The van der Waals surface area contributed by atoms with Crippen molar-refractivity contribution >= 4 is 30.9 Å². The number of hydrogen-bond acceptors (Lipinski definition) is 7. The van der Waals surface area contributed by atoms with Crippen molar-refractivity contribution in [1.82, 2.24) is 20.2 Å². The van der Waals surface area contributed by atoms with Gasteiger partial charge in [-0.1, -0.05) is 13.8 Å². The van der Waals surface area contributed by atoms with Gasteiger partial charge in [0.25, 0.3) is 11.1 Å². The van der Waals surface area contributed by atoms with Crippen LogP contribution in [0.15, 0.2) is 21.7 Å². The third-order valence-corrected chi connectivity index (χ3v) is 6.09. The number of amides is 1. The number of rotatable bonds is 0. The first-order valence-corrected chi connectivity index (χ1v) is 11.9. The fraction of sp³-hybridized carbons (Fsp3) is 0.560. The van der Waals surface area contributed by atoms with Crippen LogP contribution in [0.1, 0.15) is 69.0 Å². The molecule has 0 saturated carbocycles. The average molecular weight is 562 g/mol. The van der Waals surface area contributed by atoms with Crippen LogP contribution in [0, 0.1) is 0 Å². The molecule has 4 heterocycles. The van der Waals surface area contributed by atoms with Gasteiger partial charge in [0.05, 0.1) is 0 Å². The average Bonchev–Trinajstić information content (AvgIpc) is 3.02. The highest BCUT2D eigenvalue weighted by Crippen LogP contribution is 2.29. The molecule has 2 aliphatic rings. The van der Waals surface area contributed by atoms with E-state index in [1.807, 2.05) is 34.6 Å². The normalized spacial score (nSPS) is 18.8. The van der Waals surface area contributed by atoms with Crippen LogP contribution in [0.2, 0.25) is 0 Å². The molecule has 0 saturated heterocycles. The number of hydrogen-bond donors (Lipinski definition) is 5. The lowest BCUT2D eigenvalue weighted by atomic mass is 10.0. The monoisotopic (exact) mass is 560 g/mol. The standard InChI is InChI=1S/C15H22N2O4.C10H14N2O2.2ClH/c1-9-8-17(14(20)21-15(2,3)4)6-5-10-11(18)7-12(19)16-13(9)10;1-6-5-11-3-2-7-8(13)4-9(14)12-10(6)7;;/h7,9H,5-6,8H2,1-4H3,(H2,16,18,19);4,6,11H,2-3,5H2,1H3,(H2,12,13,14);2*1H. The lowest BCUT2D eigenvalue weighted by molar-refractivity contribution is 0.0248. The van der Waals surface area contributed by atoms with Crippen LogP contribution in [-0.4, -0.2) is 63.0 Å². The van der Waals surface area contributed by atoms with Crippen LogP contribution in [0.3, 0.4) is 0 Å². The number of carbonyl (C=O) groups is 1. The summed E-state index contributed by atoms with van der Waals surface area (Å²) in [5.74, 6) is 0.285. The van der Waals surface area contributed by atoms with Gasteiger partial charge in [-0.05, 0) is 40.2 Å². The van der Waals surface area contributed by atoms with Crippen molar-refractivity contribution in [3.8, 4) is 11.5 Å². The van der Waals surface area contributed by atoms with Gasteiger partial charge in [0.2, 0.25) is 0 Å². The molecule has 2 aliphatic heterocycles. The maximum absolute atomic E-state index is 12.2. The molecule has 0 radical (unpaired) electrons. The largest absolute Gasteiger partial charge is 0.507 e. The highest BCUT2D eigenvalue weighted by Gasteiger charge is 2.28. The molecule has 12 heteroatoms. The van der Waals surface area contributed by atoms with Gasteiger partial charge in [-0.15, -0.1) is 24.8 Å². The SMILES string of the molecule is CC1CN(C(=O)OC(C)(C)C)CCc2c(O)cc(=O)[nH]c21.CC1CNCCc2c(O)cc(=O)[nH]c21.Cl.Cl. The van der Waals surface area contributed by atoms with Gasteiger partial charge in [0, 0.05) is 66.1 Å². The zero-order chi connectivity index (χ0) is 25.9. The molecule has 0 fully saturated rings. The molecule has 208 valence electrons. The fourth-order valence-corrected chi connectivity index (χ4v) is 4.44. The Morgan fingerprint density at radius 1 is 0.946 bits per heavy atom. The predicted molar refractivity (Wildman–Crippen MR) is 147 cm³/mol. The molecule has 2 unspecified atom stereocenters. The number of carbonyl (C=O) groups excluding carboxylic acids is 1. The van der Waals surface area contributed by atoms with Crippen molar-refractivity contribution in [2.75, 3.05) is 26.2 Å². The minimum atomic E-state index is -0.546. The van der Waals surface area contributed by atoms with Gasteiger partial charge in [-0.2, -0.15) is 0 Å². The van der Waals surface area contributed by atoms with Crippen molar-refractivity contribution in [3.63, 3.8) is 0 Å². The Hall–Kier alpha value is -2.69. The van der Waals surface area contributed by atoms with E-state index in [0.717, 1.165) is 30.8 Å². The molecule has 4 rings (SSSR count). The fourth-order valence-electron chi connectivity index (χ4n) is 4.44. The van der Waals surface area contributed by atoms with Crippen LogP contribution < -0.4 is 16.4 Å². The van der Waals surface area contributed by atoms with Gasteiger partial charge in [-0.25, -0.2) is 4.79 Å². The highest BCUT2D eigenvalue weighted by molar-refractivity contribution is 5.85. The van der Waals surface area contributed by atoms with E-state index in [1.54, 1.807) is 4.90 Å². The summed E-state index contributed by atoms with van der Waals surface area (Å²) in [5.41, 5.74) is 2.05. The van der Waals surface area contributed by atoms with Crippen molar-refractivity contribution in [3.05, 3.63) is 55.4 Å². The Balaban J connectivity index is 0.000000375. The summed E-state index contributed by atoms with van der Waals surface area (Å²) in [5, 5.41) is 22.8. The molecular weight excluding hydrogens is 523 g/mol. The maximum atomic E-state index is 12.2. The molecule has 0 aromatic carbocycles. The number of halogens is 2. The van der Waals surface area contributed by atoms with E-state index in [-0.39, 0.29) is 65.4 Å². The molecule has 0 aliphatic carbocycles. The Kier molecular flexibility index (Phi) is 11.5. The topological polar surface area (TPSA) is 148 Å². The Labute approximate surface area is 228 Å². The summed E-state index contributed by atoms with van der Waals surface area (Å²) in [6.45, 7) is 12.0. The smallest absolute Gasteiger partial charge is 0.410 e. The zero-order valence-corrected chi connectivity index (χ0v) is 23.5. The molecule has 2 aromatic rings. The number of aromatic nitrogens is 2. The van der Waals surface area contributed by atoms with Crippen LogP contribution in [0.5, 0.6) is 11.5 Å². The van der Waals surface area contributed by atoms with E-state index < -0.39 is 5.60 Å². The molecule has 37 heavy (non-hydrogen) atoms. The maximum Gasteiger partial charge on any atom is 0.410 e. The first-order chi connectivity index (χ1) is 16.4. The predicted octanol–water partition coefficient (Wildman–Crippen LogP) is 3.15. The zero-order valence-electron chi connectivity index (χ0n) is 21.8. The lowest BCUT2D eigenvalue weighted by Crippen LogP contribution is -2.38. The Morgan fingerprint density at radius 3 is 2.00 bits per heavy atom. The molecule has 0 spiro atoms. The third kappa shape index (κ3) is 8.41. The van der Waals surface area contributed by atoms with E-state index in [0.29, 0.717) is 30.8 Å². The van der Waals surface area contributed by atoms with E-state index in [9.17, 15) is 24.6 Å². The summed E-state index contributed by atoms with van der Waals surface area (Å²) in [6.07, 6.45) is 0.882. The number of nitrogens with one attached hydrogen (secondary N) is 3. The Morgan fingerprint density at radius 2 is 1.46 bits per heavy atom. The molecule has 1 amide bonds. The first-order valence-electron chi connectivity index (χ1n) is 11.9. The third-order valence-electron chi connectivity index (χ3n) is 6.09. The number of nitrogens with zero attached hydrogens (tertiary/aromatic N) is 1. The van der Waals surface area contributed by atoms with Crippen LogP contribution in [0.25, 0.3) is 0 Å². The Bertz CT molecular complexity index is 1190. The van der Waals surface area contributed by atoms with Crippen molar-refractivity contribution in [2.45, 2.75) is 64.9 Å². The summed E-state index contributed by atoms with van der Waals surface area (Å²) < 4.78 is 5.39. The second kappa shape index (κ2) is 13.2. The molecule has 0 bridgehead atoms. The van der Waals surface area contributed by atoms with Gasteiger partial charge >= 0.3 is 6.09 Å². The van der Waals surface area contributed by atoms with Crippen molar-refractivity contribution in [2.24, 2.45) is 0 Å². The van der Waals surface area contributed by atoms with Crippen LogP contribution >= 0.6 is 24.8 Å². The quantitative estimate of drug-likeness (QED) is 0.332. The van der Waals surface area contributed by atoms with Gasteiger partial charge < -0.3 is 35.1 Å². The van der Waals surface area contributed by atoms with E-state index in [4.69, 9.17) is 4.74 Å². The number of H-pyrrole nitrogens is 2. The van der Waals surface area contributed by atoms with Gasteiger partial charge in [-0.3, -0.25) is 9.59 Å². The van der Waals surface area contributed by atoms with E-state index in [2.05, 4.69) is 15.3 Å². The first kappa shape index (κ1) is 32.3. The molecular formula is C25H38Cl2N4O6. The van der Waals surface area contributed by atoms with Crippen molar-refractivity contribution in [1.29, 1.82) is 0 Å². The molecule has 10 nitrogen and oxygen atoms in total. The van der Waals surface area contributed by atoms with Crippen LogP contribution in [-0.2, 0) is 17.6 Å². The number of aromatic hydroxyl groups is 2. The highest BCUT2D eigenvalue weighted by atomic mass is 35.5. The number of fused-ring (bicyclic) bond motifs is 2. The summed E-state index contributed by atoms with van der Waals surface area (Å²) >= 11 is 0. The second-order valence-corrected chi connectivity index (χ2v) is 10.3. The van der Waals surface area contributed by atoms with Gasteiger partial charge in [0.1, 0.15) is 17.1 Å². The second-order valence-electron chi connectivity index (χ2n) is 10.3. The minimum Gasteiger partial charge on any atom is -0.507 e.